The fourth-order valence-electron chi connectivity index (χ4n) is 2.98. The highest BCUT2D eigenvalue weighted by Gasteiger charge is 2.25. The van der Waals surface area contributed by atoms with E-state index in [4.69, 9.17) is 0 Å². The third-order valence-corrected chi connectivity index (χ3v) is 6.08. The highest BCUT2D eigenvalue weighted by Crippen LogP contribution is 2.18. The van der Waals surface area contributed by atoms with Gasteiger partial charge in [-0.3, -0.25) is 9.59 Å². The van der Waals surface area contributed by atoms with E-state index in [9.17, 15) is 18.0 Å². The van der Waals surface area contributed by atoms with Crippen molar-refractivity contribution < 1.29 is 18.0 Å². The number of benzene rings is 1. The third kappa shape index (κ3) is 5.88. The number of hydrogen-bond acceptors (Lipinski definition) is 4. The Balaban J connectivity index is 1.85. The molecule has 1 unspecified atom stereocenters. The number of nitrogens with zero attached hydrogens (tertiary/aromatic N) is 1. The molecule has 1 aromatic carbocycles. The van der Waals surface area contributed by atoms with Gasteiger partial charge < -0.3 is 10.2 Å². The molecule has 1 N–H and O–H groups in total. The number of carbonyl (C=O) groups is 2. The van der Waals surface area contributed by atoms with Gasteiger partial charge >= 0.3 is 0 Å². The van der Waals surface area contributed by atoms with E-state index in [1.807, 2.05) is 0 Å². The molecule has 2 rings (SSSR count). The van der Waals surface area contributed by atoms with Gasteiger partial charge in [0.1, 0.15) is 0 Å². The monoisotopic (exact) mass is 376 g/mol. The number of carbonyl (C=O) groups excluding carboxylic acids is 2. The second kappa shape index (κ2) is 9.39. The number of likely N-dealkylation sites (tertiary alicyclic amines) is 1. The summed E-state index contributed by atoms with van der Waals surface area (Å²) >= 11 is 0. The molecular formula is C19H24N2O4S. The topological polar surface area (TPSA) is 83.6 Å². The molecule has 2 amide bonds. The van der Waals surface area contributed by atoms with Crippen LogP contribution in [-0.4, -0.2) is 50.5 Å². The van der Waals surface area contributed by atoms with E-state index < -0.39 is 9.84 Å². The molecule has 0 saturated carbocycles. The van der Waals surface area contributed by atoms with Crippen LogP contribution in [0, 0.1) is 17.8 Å². The first-order chi connectivity index (χ1) is 12.4. The van der Waals surface area contributed by atoms with Gasteiger partial charge in [0, 0.05) is 26.1 Å². The summed E-state index contributed by atoms with van der Waals surface area (Å²) in [6, 6.07) is 8.17. The van der Waals surface area contributed by atoms with Crippen LogP contribution in [0.15, 0.2) is 35.2 Å². The number of amides is 2. The van der Waals surface area contributed by atoms with Gasteiger partial charge in [-0.1, -0.05) is 24.1 Å². The number of piperidine rings is 1. The average Bonchev–Trinajstić information content (AvgIpc) is 2.66. The van der Waals surface area contributed by atoms with Crippen LogP contribution in [0.25, 0.3) is 0 Å². The van der Waals surface area contributed by atoms with Crippen LogP contribution in [-0.2, 0) is 19.4 Å². The molecule has 7 heteroatoms. The number of sulfone groups is 1. The van der Waals surface area contributed by atoms with Crippen molar-refractivity contribution in [3.05, 3.63) is 30.3 Å². The van der Waals surface area contributed by atoms with Crippen molar-refractivity contribution in [2.45, 2.75) is 31.1 Å². The Morgan fingerprint density at radius 3 is 2.69 bits per heavy atom. The smallest absolute Gasteiger partial charge is 0.295 e. The van der Waals surface area contributed by atoms with Crippen molar-refractivity contribution >= 4 is 21.7 Å². The largest absolute Gasteiger partial charge is 0.345 e. The highest BCUT2D eigenvalue weighted by atomic mass is 32.2. The molecule has 26 heavy (non-hydrogen) atoms. The summed E-state index contributed by atoms with van der Waals surface area (Å²) in [6.07, 6.45) is 1.74. The molecule has 1 saturated heterocycles. The Morgan fingerprint density at radius 1 is 1.27 bits per heavy atom. The van der Waals surface area contributed by atoms with E-state index in [-0.39, 0.29) is 34.8 Å². The fourth-order valence-corrected chi connectivity index (χ4v) is 4.23. The van der Waals surface area contributed by atoms with Crippen LogP contribution in [0.2, 0.25) is 0 Å². The maximum atomic E-state index is 12.4. The zero-order chi connectivity index (χ0) is 19.0. The van der Waals surface area contributed by atoms with E-state index in [1.54, 1.807) is 42.2 Å². The second-order valence-corrected chi connectivity index (χ2v) is 8.42. The lowest BCUT2D eigenvalue weighted by Gasteiger charge is -2.32. The predicted molar refractivity (Wildman–Crippen MR) is 98.9 cm³/mol. The lowest BCUT2D eigenvalue weighted by atomic mass is 9.97. The minimum absolute atomic E-state index is 0.0301. The highest BCUT2D eigenvalue weighted by molar-refractivity contribution is 7.91. The summed E-state index contributed by atoms with van der Waals surface area (Å²) in [5.41, 5.74) is 0. The van der Waals surface area contributed by atoms with Gasteiger partial charge in [0.05, 0.1) is 10.6 Å². The van der Waals surface area contributed by atoms with Gasteiger partial charge in [0.25, 0.3) is 5.91 Å². The van der Waals surface area contributed by atoms with Gasteiger partial charge in [-0.25, -0.2) is 8.42 Å². The van der Waals surface area contributed by atoms with Crippen LogP contribution < -0.4 is 5.32 Å². The zero-order valence-electron chi connectivity index (χ0n) is 14.9. The van der Waals surface area contributed by atoms with Crippen molar-refractivity contribution in [2.24, 2.45) is 5.92 Å². The van der Waals surface area contributed by atoms with Crippen LogP contribution in [0.5, 0.6) is 0 Å². The second-order valence-electron chi connectivity index (χ2n) is 6.31. The maximum Gasteiger partial charge on any atom is 0.295 e. The lowest BCUT2D eigenvalue weighted by molar-refractivity contribution is -0.132. The van der Waals surface area contributed by atoms with Crippen molar-refractivity contribution in [3.8, 4) is 11.8 Å². The van der Waals surface area contributed by atoms with Crippen LogP contribution in [0.1, 0.15) is 26.2 Å². The van der Waals surface area contributed by atoms with Crippen LogP contribution >= 0.6 is 0 Å². The summed E-state index contributed by atoms with van der Waals surface area (Å²) in [7, 11) is -3.46. The van der Waals surface area contributed by atoms with E-state index in [0.717, 1.165) is 12.8 Å². The van der Waals surface area contributed by atoms with Gasteiger partial charge in [-0.15, -0.1) is 0 Å². The molecule has 1 fully saturated rings. The Labute approximate surface area is 154 Å². The van der Waals surface area contributed by atoms with Crippen molar-refractivity contribution in [1.82, 2.24) is 10.2 Å². The van der Waals surface area contributed by atoms with E-state index in [2.05, 4.69) is 17.2 Å². The normalized spacial score (nSPS) is 17.1. The van der Waals surface area contributed by atoms with E-state index in [0.29, 0.717) is 19.6 Å². The van der Waals surface area contributed by atoms with Crippen molar-refractivity contribution in [3.63, 3.8) is 0 Å². The Bertz CT molecular complexity index is 794. The first-order valence-corrected chi connectivity index (χ1v) is 10.3. The fraction of sp³-hybridized carbons (Fsp3) is 0.474. The van der Waals surface area contributed by atoms with Gasteiger partial charge in [-0.05, 0) is 43.7 Å². The molecule has 6 nitrogen and oxygen atoms in total. The Morgan fingerprint density at radius 2 is 2.00 bits per heavy atom. The Kier molecular flexibility index (Phi) is 7.22. The molecule has 0 radical (unpaired) electrons. The summed E-state index contributed by atoms with van der Waals surface area (Å²) in [5, 5.41) is 2.74. The van der Waals surface area contributed by atoms with Crippen LogP contribution in [0.4, 0.5) is 0 Å². The average molecular weight is 376 g/mol. The SMILES string of the molecule is CC#CC(=O)NCC1CCCN(C(=O)CCS(=O)(=O)c2ccccc2)C1. The molecular weight excluding hydrogens is 352 g/mol. The molecule has 140 valence electrons. The molecule has 1 aliphatic rings. The lowest BCUT2D eigenvalue weighted by Crippen LogP contribution is -2.44. The molecule has 0 aliphatic carbocycles. The minimum atomic E-state index is -3.46. The molecule has 0 aromatic heterocycles. The van der Waals surface area contributed by atoms with Gasteiger partial charge in [0.2, 0.25) is 5.91 Å². The maximum absolute atomic E-state index is 12.4. The summed E-state index contributed by atoms with van der Waals surface area (Å²) in [4.78, 5) is 25.8. The number of nitrogens with one attached hydrogen (secondary N) is 1. The Hall–Kier alpha value is -2.33. The molecule has 0 bridgehead atoms. The summed E-state index contributed by atoms with van der Waals surface area (Å²) in [6.45, 7) is 3.23. The first-order valence-electron chi connectivity index (χ1n) is 8.68. The number of rotatable bonds is 6. The van der Waals surface area contributed by atoms with Crippen molar-refractivity contribution in [2.75, 3.05) is 25.4 Å². The summed E-state index contributed by atoms with van der Waals surface area (Å²) in [5.74, 6) is 4.47. The minimum Gasteiger partial charge on any atom is -0.345 e. The predicted octanol–water partition coefficient (Wildman–Crippen LogP) is 1.23. The van der Waals surface area contributed by atoms with Gasteiger partial charge in [0.15, 0.2) is 9.84 Å². The molecule has 1 atom stereocenters. The van der Waals surface area contributed by atoms with Crippen LogP contribution in [0.3, 0.4) is 0 Å². The zero-order valence-corrected chi connectivity index (χ0v) is 15.7. The van der Waals surface area contributed by atoms with E-state index in [1.165, 1.54) is 0 Å². The van der Waals surface area contributed by atoms with Crippen molar-refractivity contribution in [1.29, 1.82) is 0 Å². The molecule has 1 aromatic rings. The molecule has 0 spiro atoms. The quantitative estimate of drug-likeness (QED) is 0.757. The van der Waals surface area contributed by atoms with Gasteiger partial charge in [-0.2, -0.15) is 0 Å². The summed E-state index contributed by atoms with van der Waals surface area (Å²) < 4.78 is 24.6. The first kappa shape index (κ1) is 20.0. The molecule has 1 aliphatic heterocycles. The van der Waals surface area contributed by atoms with E-state index >= 15 is 0 Å². The third-order valence-electron chi connectivity index (χ3n) is 4.35. The number of hydrogen-bond donors (Lipinski definition) is 1. The molecule has 1 heterocycles. The standard InChI is InChI=1S/C19H24N2O4S/c1-2-7-18(22)20-14-16-8-6-12-21(15-16)19(23)11-13-26(24,25)17-9-4-3-5-10-17/h3-5,9-10,16H,6,8,11-15H2,1H3,(H,20,22).